The Balaban J connectivity index is 1.40. The minimum atomic E-state index is -1.25. The van der Waals surface area contributed by atoms with Crippen molar-refractivity contribution in [2.45, 2.75) is 37.2 Å². The fraction of sp³-hybridized carbons (Fsp3) is 0.320. The molecule has 6 rings (SSSR count). The van der Waals surface area contributed by atoms with Crippen molar-refractivity contribution < 1.29 is 33.9 Å². The van der Waals surface area contributed by atoms with Crippen LogP contribution in [0.4, 0.5) is 0 Å². The maximum absolute atomic E-state index is 10.5. The van der Waals surface area contributed by atoms with Gasteiger partial charge in [-0.1, -0.05) is 18.2 Å². The Morgan fingerprint density at radius 1 is 1.09 bits per heavy atom. The summed E-state index contributed by atoms with van der Waals surface area (Å²) < 4.78 is 25.1. The molecular weight excluding hydrogens is 440 g/mol. The third kappa shape index (κ3) is 3.36. The van der Waals surface area contributed by atoms with Gasteiger partial charge in [-0.25, -0.2) is 4.99 Å². The Hall–Kier alpha value is -3.37. The average Bonchev–Trinajstić information content (AvgIpc) is 3.56. The second-order valence-electron chi connectivity index (χ2n) is 8.55. The topological polar surface area (TPSA) is 119 Å². The summed E-state index contributed by atoms with van der Waals surface area (Å²) in [6.45, 7) is 0.0413. The number of nitrogens with zero attached hydrogens (tertiary/aromatic N) is 2. The van der Waals surface area contributed by atoms with E-state index in [4.69, 9.17) is 18.6 Å². The van der Waals surface area contributed by atoms with E-state index in [9.17, 15) is 15.3 Å². The molecule has 3 N–H and O–H groups in total. The van der Waals surface area contributed by atoms with Crippen LogP contribution in [-0.2, 0) is 16.0 Å². The molecule has 2 aliphatic rings. The standard InChI is InChI=1S/C25H24N2O7/c1-31-14-6-7-16-17(24-26-21-23(30)22(29)20(12-28)33-25(21)34-24)11-27(18(16)9-14)10-15-8-13-4-2-3-5-19(13)32-15/h2-9,11,20-23,25,28-30H,10,12H2,1H3/t20-,21-,22-,23-,25-/m1/s1. The molecule has 9 heteroatoms. The fourth-order valence-electron chi connectivity index (χ4n) is 4.69. The smallest absolute Gasteiger partial charge is 0.227 e. The van der Waals surface area contributed by atoms with Crippen molar-refractivity contribution >= 4 is 27.8 Å². The summed E-state index contributed by atoms with van der Waals surface area (Å²) in [4.78, 5) is 4.54. The summed E-state index contributed by atoms with van der Waals surface area (Å²) in [6.07, 6.45) is -2.38. The van der Waals surface area contributed by atoms with Crippen molar-refractivity contribution in [2.24, 2.45) is 4.99 Å². The van der Waals surface area contributed by atoms with Crippen LogP contribution in [-0.4, -0.2) is 70.1 Å². The van der Waals surface area contributed by atoms with E-state index in [1.54, 1.807) is 7.11 Å². The number of para-hydroxylation sites is 1. The SMILES string of the molecule is COc1ccc2c(C3=N[C@H]4[C@@H](O3)O[C@H](CO)[C@@H](O)[C@@H]4O)cn(Cc3cc4ccccc4o3)c2c1. The number of benzene rings is 2. The van der Waals surface area contributed by atoms with E-state index in [1.807, 2.05) is 59.3 Å². The zero-order valence-corrected chi connectivity index (χ0v) is 18.4. The first-order valence-corrected chi connectivity index (χ1v) is 11.1. The highest BCUT2D eigenvalue weighted by atomic mass is 16.7. The predicted octanol–water partition coefficient (Wildman–Crippen LogP) is 2.03. The Kier molecular flexibility index (Phi) is 5.07. The summed E-state index contributed by atoms with van der Waals surface area (Å²) in [5.74, 6) is 1.81. The van der Waals surface area contributed by atoms with Crippen LogP contribution in [0.25, 0.3) is 21.9 Å². The number of furan rings is 1. The number of aliphatic hydroxyl groups is 3. The van der Waals surface area contributed by atoms with Crippen molar-refractivity contribution in [3.63, 3.8) is 0 Å². The van der Waals surface area contributed by atoms with Gasteiger partial charge in [0.1, 0.15) is 41.4 Å². The molecule has 34 heavy (non-hydrogen) atoms. The largest absolute Gasteiger partial charge is 0.497 e. The highest BCUT2D eigenvalue weighted by Gasteiger charge is 2.49. The molecular formula is C25H24N2O7. The van der Waals surface area contributed by atoms with Gasteiger partial charge in [-0.05, 0) is 24.3 Å². The van der Waals surface area contributed by atoms with Crippen LogP contribution < -0.4 is 4.74 Å². The molecule has 4 heterocycles. The molecule has 176 valence electrons. The Morgan fingerprint density at radius 3 is 2.74 bits per heavy atom. The monoisotopic (exact) mass is 464 g/mol. The Morgan fingerprint density at radius 2 is 1.94 bits per heavy atom. The summed E-state index contributed by atoms with van der Waals surface area (Å²) in [6, 6.07) is 14.8. The molecule has 4 aromatic rings. The van der Waals surface area contributed by atoms with Crippen LogP contribution in [0, 0.1) is 0 Å². The fourth-order valence-corrected chi connectivity index (χ4v) is 4.69. The number of rotatable bonds is 5. The van der Waals surface area contributed by atoms with Crippen LogP contribution in [0.1, 0.15) is 11.3 Å². The van der Waals surface area contributed by atoms with E-state index in [0.717, 1.165) is 27.6 Å². The first kappa shape index (κ1) is 21.2. The zero-order chi connectivity index (χ0) is 23.4. The van der Waals surface area contributed by atoms with Crippen molar-refractivity contribution in [1.29, 1.82) is 0 Å². The molecule has 2 aliphatic heterocycles. The van der Waals surface area contributed by atoms with Crippen molar-refractivity contribution in [3.8, 4) is 5.75 Å². The molecule has 2 aromatic heterocycles. The molecule has 0 spiro atoms. The number of aliphatic imine (C=N–C) groups is 1. The molecule has 0 radical (unpaired) electrons. The molecule has 0 bridgehead atoms. The average molecular weight is 464 g/mol. The van der Waals surface area contributed by atoms with Gasteiger partial charge in [0.15, 0.2) is 0 Å². The molecule has 0 saturated carbocycles. The summed E-state index contributed by atoms with van der Waals surface area (Å²) in [5.41, 5.74) is 2.43. The summed E-state index contributed by atoms with van der Waals surface area (Å²) >= 11 is 0. The summed E-state index contributed by atoms with van der Waals surface area (Å²) in [5, 5.41) is 32.1. The lowest BCUT2D eigenvalue weighted by Crippen LogP contribution is -2.56. The second-order valence-corrected chi connectivity index (χ2v) is 8.55. The van der Waals surface area contributed by atoms with Crippen molar-refractivity contribution in [3.05, 3.63) is 66.1 Å². The highest BCUT2D eigenvalue weighted by molar-refractivity contribution is 6.08. The van der Waals surface area contributed by atoms with Gasteiger partial charge in [-0.15, -0.1) is 0 Å². The lowest BCUT2D eigenvalue weighted by Gasteiger charge is -2.36. The van der Waals surface area contributed by atoms with Crippen molar-refractivity contribution in [1.82, 2.24) is 4.57 Å². The molecule has 0 unspecified atom stereocenters. The van der Waals surface area contributed by atoms with Crippen LogP contribution in [0.3, 0.4) is 0 Å². The van der Waals surface area contributed by atoms with E-state index in [0.29, 0.717) is 23.8 Å². The number of hydrogen-bond acceptors (Lipinski definition) is 8. The maximum atomic E-state index is 10.5. The van der Waals surface area contributed by atoms with Gasteiger partial charge >= 0.3 is 0 Å². The van der Waals surface area contributed by atoms with E-state index in [1.165, 1.54) is 0 Å². The molecule has 1 saturated heterocycles. The minimum Gasteiger partial charge on any atom is -0.497 e. The van der Waals surface area contributed by atoms with Crippen LogP contribution in [0.2, 0.25) is 0 Å². The van der Waals surface area contributed by atoms with Gasteiger partial charge in [0.2, 0.25) is 12.2 Å². The normalized spacial score (nSPS) is 26.5. The van der Waals surface area contributed by atoms with Crippen LogP contribution >= 0.6 is 0 Å². The van der Waals surface area contributed by atoms with E-state index < -0.39 is 37.3 Å². The minimum absolute atomic E-state index is 0.304. The quantitative estimate of drug-likeness (QED) is 0.414. The number of fused-ring (bicyclic) bond motifs is 3. The van der Waals surface area contributed by atoms with E-state index in [-0.39, 0.29) is 0 Å². The molecule has 5 atom stereocenters. The van der Waals surface area contributed by atoms with Crippen LogP contribution in [0.5, 0.6) is 5.75 Å². The van der Waals surface area contributed by atoms with Crippen molar-refractivity contribution in [2.75, 3.05) is 13.7 Å². The number of aliphatic hydroxyl groups excluding tert-OH is 3. The van der Waals surface area contributed by atoms with Gasteiger partial charge in [0.25, 0.3) is 0 Å². The van der Waals surface area contributed by atoms with Gasteiger partial charge in [0.05, 0.1) is 31.3 Å². The molecule has 1 fully saturated rings. The Labute approximate surface area is 194 Å². The third-order valence-electron chi connectivity index (χ3n) is 6.47. The molecule has 0 aliphatic carbocycles. The number of aromatic nitrogens is 1. The third-order valence-corrected chi connectivity index (χ3v) is 6.47. The number of methoxy groups -OCH3 is 1. The van der Waals surface area contributed by atoms with E-state index >= 15 is 0 Å². The zero-order valence-electron chi connectivity index (χ0n) is 18.4. The highest BCUT2D eigenvalue weighted by Crippen LogP contribution is 2.34. The lowest BCUT2D eigenvalue weighted by molar-refractivity contribution is -0.234. The predicted molar refractivity (Wildman–Crippen MR) is 123 cm³/mol. The molecule has 9 nitrogen and oxygen atoms in total. The number of hydrogen-bond donors (Lipinski definition) is 3. The van der Waals surface area contributed by atoms with Gasteiger partial charge in [0, 0.05) is 23.0 Å². The van der Waals surface area contributed by atoms with E-state index in [2.05, 4.69) is 4.99 Å². The first-order valence-electron chi connectivity index (χ1n) is 11.1. The van der Waals surface area contributed by atoms with Gasteiger partial charge in [-0.3, -0.25) is 0 Å². The molecule has 2 aromatic carbocycles. The molecule has 0 amide bonds. The van der Waals surface area contributed by atoms with Crippen LogP contribution in [0.15, 0.2) is 64.1 Å². The number of ether oxygens (including phenoxy) is 3. The maximum Gasteiger partial charge on any atom is 0.227 e. The summed E-state index contributed by atoms with van der Waals surface area (Å²) in [7, 11) is 1.62. The Bertz CT molecular complexity index is 1360. The van der Waals surface area contributed by atoms with Gasteiger partial charge in [-0.2, -0.15) is 0 Å². The first-order chi connectivity index (χ1) is 16.6. The second kappa shape index (κ2) is 8.14. The van der Waals surface area contributed by atoms with Gasteiger partial charge < -0.3 is 38.5 Å². The lowest BCUT2D eigenvalue weighted by atomic mass is 9.98.